The number of carbonyl (C=O) groups is 2. The number of non-ortho nitro benzene ring substituents is 1. The Labute approximate surface area is 181 Å². The third-order valence-corrected chi connectivity index (χ3v) is 6.00. The van der Waals surface area contributed by atoms with Crippen LogP contribution < -0.4 is 4.90 Å². The van der Waals surface area contributed by atoms with Gasteiger partial charge in [0.15, 0.2) is 0 Å². The molecule has 0 bridgehead atoms. The molecular weight excluding hydrogens is 394 g/mol. The largest absolute Gasteiger partial charge is 0.366 e. The second kappa shape index (κ2) is 8.34. The Balaban J connectivity index is 1.79. The molecule has 31 heavy (non-hydrogen) atoms. The Morgan fingerprint density at radius 1 is 1.03 bits per heavy atom. The number of piperidine rings is 1. The Hall–Kier alpha value is -3.48. The van der Waals surface area contributed by atoms with Crippen LogP contribution in [0.25, 0.3) is 5.57 Å². The molecule has 7 nitrogen and oxygen atoms in total. The van der Waals surface area contributed by atoms with Crippen LogP contribution in [-0.4, -0.2) is 34.7 Å². The fourth-order valence-corrected chi connectivity index (χ4v) is 4.33. The average Bonchev–Trinajstić information content (AvgIpc) is 3.04. The molecule has 0 N–H and O–H groups in total. The number of hydrogen-bond acceptors (Lipinski definition) is 5. The molecule has 0 aromatic heterocycles. The molecular formula is C24H25N3O4. The van der Waals surface area contributed by atoms with Gasteiger partial charge in [0.05, 0.1) is 16.2 Å². The van der Waals surface area contributed by atoms with E-state index in [1.54, 1.807) is 24.3 Å². The van der Waals surface area contributed by atoms with Crippen molar-refractivity contribution in [2.75, 3.05) is 18.0 Å². The van der Waals surface area contributed by atoms with Gasteiger partial charge in [-0.1, -0.05) is 26.0 Å². The van der Waals surface area contributed by atoms with Gasteiger partial charge in [0, 0.05) is 25.2 Å². The van der Waals surface area contributed by atoms with Crippen molar-refractivity contribution < 1.29 is 14.5 Å². The summed E-state index contributed by atoms with van der Waals surface area (Å²) < 4.78 is 0. The van der Waals surface area contributed by atoms with E-state index in [0.717, 1.165) is 24.8 Å². The fraction of sp³-hybridized carbons (Fsp3) is 0.333. The first-order chi connectivity index (χ1) is 14.9. The summed E-state index contributed by atoms with van der Waals surface area (Å²) in [6.45, 7) is 5.59. The van der Waals surface area contributed by atoms with E-state index in [2.05, 4.69) is 6.92 Å². The van der Waals surface area contributed by atoms with Crippen LogP contribution in [0.15, 0.2) is 54.2 Å². The van der Waals surface area contributed by atoms with E-state index in [1.165, 1.54) is 17.0 Å². The van der Waals surface area contributed by atoms with E-state index in [4.69, 9.17) is 0 Å². The van der Waals surface area contributed by atoms with Crippen LogP contribution in [-0.2, 0) is 16.0 Å². The molecule has 0 aliphatic carbocycles. The van der Waals surface area contributed by atoms with Gasteiger partial charge in [-0.15, -0.1) is 0 Å². The summed E-state index contributed by atoms with van der Waals surface area (Å²) in [6.07, 6.45) is 2.90. The summed E-state index contributed by atoms with van der Waals surface area (Å²) in [5.74, 6) is -0.312. The number of carbonyl (C=O) groups excluding carboxylic acids is 2. The molecule has 1 saturated heterocycles. The number of imide groups is 1. The van der Waals surface area contributed by atoms with Crippen molar-refractivity contribution in [3.8, 4) is 0 Å². The van der Waals surface area contributed by atoms with Gasteiger partial charge >= 0.3 is 0 Å². The summed E-state index contributed by atoms with van der Waals surface area (Å²) in [5, 5.41) is 11.0. The molecule has 160 valence electrons. The highest BCUT2D eigenvalue weighted by Crippen LogP contribution is 2.37. The molecule has 2 amide bonds. The second-order valence-electron chi connectivity index (χ2n) is 8.19. The second-order valence-corrected chi connectivity index (χ2v) is 8.19. The first-order valence-electron chi connectivity index (χ1n) is 10.6. The molecule has 0 saturated carbocycles. The molecule has 2 aromatic rings. The van der Waals surface area contributed by atoms with Crippen LogP contribution in [0.5, 0.6) is 0 Å². The lowest BCUT2D eigenvalue weighted by molar-refractivity contribution is -0.384. The van der Waals surface area contributed by atoms with E-state index < -0.39 is 10.8 Å². The summed E-state index contributed by atoms with van der Waals surface area (Å²) in [7, 11) is 0. The van der Waals surface area contributed by atoms with Crippen LogP contribution in [0, 0.1) is 16.0 Å². The van der Waals surface area contributed by atoms with Gasteiger partial charge in [0.25, 0.3) is 17.5 Å². The van der Waals surface area contributed by atoms with E-state index >= 15 is 0 Å². The summed E-state index contributed by atoms with van der Waals surface area (Å²) in [6, 6.07) is 13.3. The number of aryl methyl sites for hydroxylation is 1. The minimum Gasteiger partial charge on any atom is -0.366 e. The average molecular weight is 419 g/mol. The number of anilines is 1. The topological polar surface area (TPSA) is 83.8 Å². The predicted octanol–water partition coefficient (Wildman–Crippen LogP) is 4.17. The molecule has 0 radical (unpaired) electrons. The third kappa shape index (κ3) is 3.83. The molecule has 1 unspecified atom stereocenters. The van der Waals surface area contributed by atoms with Gasteiger partial charge in [-0.3, -0.25) is 19.7 Å². The summed E-state index contributed by atoms with van der Waals surface area (Å²) in [5.41, 5.74) is 2.83. The first-order valence-corrected chi connectivity index (χ1v) is 10.6. The van der Waals surface area contributed by atoms with Gasteiger partial charge in [-0.05, 0) is 60.6 Å². The number of amides is 2. The monoisotopic (exact) mass is 419 g/mol. The zero-order valence-electron chi connectivity index (χ0n) is 17.7. The maximum absolute atomic E-state index is 13.5. The maximum Gasteiger partial charge on any atom is 0.282 e. The Kier molecular flexibility index (Phi) is 5.59. The Morgan fingerprint density at radius 2 is 1.71 bits per heavy atom. The smallest absolute Gasteiger partial charge is 0.282 e. The zero-order chi connectivity index (χ0) is 22.1. The van der Waals surface area contributed by atoms with E-state index in [0.29, 0.717) is 41.5 Å². The van der Waals surface area contributed by atoms with Crippen LogP contribution in [0.4, 0.5) is 11.4 Å². The van der Waals surface area contributed by atoms with Crippen molar-refractivity contribution in [3.05, 3.63) is 75.5 Å². The van der Waals surface area contributed by atoms with Gasteiger partial charge < -0.3 is 4.90 Å². The van der Waals surface area contributed by atoms with Crippen molar-refractivity contribution in [3.63, 3.8) is 0 Å². The highest BCUT2D eigenvalue weighted by atomic mass is 16.6. The van der Waals surface area contributed by atoms with Gasteiger partial charge in [0.2, 0.25) is 0 Å². The number of rotatable bonds is 5. The van der Waals surface area contributed by atoms with Crippen molar-refractivity contribution >= 4 is 28.8 Å². The molecule has 1 atom stereocenters. The van der Waals surface area contributed by atoms with Gasteiger partial charge in [-0.25, -0.2) is 4.90 Å². The molecule has 2 heterocycles. The SMILES string of the molecule is CCc1ccc(N2C(=O)C(c3ccc([N+](=O)[O-])cc3)=C(N3CCCC(C)C3)C2=O)cc1. The van der Waals surface area contributed by atoms with Crippen molar-refractivity contribution in [1.82, 2.24) is 4.90 Å². The maximum atomic E-state index is 13.5. The first kappa shape index (κ1) is 20.8. The minimum absolute atomic E-state index is 0.0544. The zero-order valence-corrected chi connectivity index (χ0v) is 17.7. The quantitative estimate of drug-likeness (QED) is 0.413. The summed E-state index contributed by atoms with van der Waals surface area (Å²) >= 11 is 0. The molecule has 1 fully saturated rings. The number of likely N-dealkylation sites (tertiary alicyclic amines) is 1. The van der Waals surface area contributed by atoms with Crippen LogP contribution in [0.1, 0.15) is 37.8 Å². The standard InChI is InChI=1S/C24H25N3O4/c1-3-17-6-10-19(11-7-17)26-23(28)21(18-8-12-20(13-9-18)27(30)31)22(24(26)29)25-14-4-5-16(2)15-25/h6-13,16H,3-5,14-15H2,1-2H3. The van der Waals surface area contributed by atoms with Crippen molar-refractivity contribution in [2.45, 2.75) is 33.1 Å². The molecule has 7 heteroatoms. The number of benzene rings is 2. The van der Waals surface area contributed by atoms with Gasteiger partial charge in [0.1, 0.15) is 5.70 Å². The number of nitrogens with zero attached hydrogens (tertiary/aromatic N) is 3. The minimum atomic E-state index is -0.478. The van der Waals surface area contributed by atoms with Crippen molar-refractivity contribution in [2.24, 2.45) is 5.92 Å². The number of nitro benzene ring substituents is 1. The van der Waals surface area contributed by atoms with Crippen LogP contribution in [0.2, 0.25) is 0 Å². The lowest BCUT2D eigenvalue weighted by Crippen LogP contribution is -2.39. The molecule has 4 rings (SSSR count). The van der Waals surface area contributed by atoms with Crippen LogP contribution in [0.3, 0.4) is 0 Å². The molecule has 2 aliphatic rings. The Morgan fingerprint density at radius 3 is 2.29 bits per heavy atom. The van der Waals surface area contributed by atoms with Crippen molar-refractivity contribution in [1.29, 1.82) is 0 Å². The Bertz CT molecular complexity index is 1060. The highest BCUT2D eigenvalue weighted by Gasteiger charge is 2.43. The highest BCUT2D eigenvalue weighted by molar-refractivity contribution is 6.45. The summed E-state index contributed by atoms with van der Waals surface area (Å²) in [4.78, 5) is 40.8. The fourth-order valence-electron chi connectivity index (χ4n) is 4.33. The van der Waals surface area contributed by atoms with Crippen LogP contribution >= 0.6 is 0 Å². The lowest BCUT2D eigenvalue weighted by atomic mass is 9.97. The number of hydrogen-bond donors (Lipinski definition) is 0. The molecule has 2 aromatic carbocycles. The predicted molar refractivity (Wildman–Crippen MR) is 118 cm³/mol. The van der Waals surface area contributed by atoms with Gasteiger partial charge in [-0.2, -0.15) is 0 Å². The normalized spacial score (nSPS) is 19.4. The van der Waals surface area contributed by atoms with E-state index in [1.807, 2.05) is 24.0 Å². The van der Waals surface area contributed by atoms with E-state index in [9.17, 15) is 19.7 Å². The number of nitro groups is 1. The lowest BCUT2D eigenvalue weighted by Gasteiger charge is -2.33. The molecule has 2 aliphatic heterocycles. The third-order valence-electron chi connectivity index (χ3n) is 6.00. The van der Waals surface area contributed by atoms with E-state index in [-0.39, 0.29) is 11.6 Å². The molecule has 0 spiro atoms.